The Bertz CT molecular complexity index is 289. The molecule has 4 heteroatoms. The van der Waals surface area contributed by atoms with Gasteiger partial charge in [-0.25, -0.2) is 0 Å². The third kappa shape index (κ3) is 3.16. The average molecular weight is 268 g/mol. The summed E-state index contributed by atoms with van der Waals surface area (Å²) >= 11 is 18.2. The van der Waals surface area contributed by atoms with Crippen LogP contribution in [0.1, 0.15) is 24.8 Å². The van der Waals surface area contributed by atoms with Gasteiger partial charge in [-0.2, -0.15) is 0 Å². The van der Waals surface area contributed by atoms with Crippen molar-refractivity contribution in [2.45, 2.75) is 23.2 Å². The fourth-order valence-electron chi connectivity index (χ4n) is 1.58. The van der Waals surface area contributed by atoms with Gasteiger partial charge in [0.1, 0.15) is 3.96 Å². The van der Waals surface area contributed by atoms with Crippen LogP contribution in [0.15, 0.2) is 24.3 Å². The summed E-state index contributed by atoms with van der Waals surface area (Å²) in [5.41, 5.74) is 1.16. The first-order valence-corrected chi connectivity index (χ1v) is 6.71. The molecule has 0 amide bonds. The van der Waals surface area contributed by atoms with Gasteiger partial charge in [-0.05, 0) is 24.1 Å². The molecule has 0 saturated carbocycles. The highest BCUT2D eigenvalue weighted by Gasteiger charge is 2.29. The van der Waals surface area contributed by atoms with Crippen LogP contribution in [0.5, 0.6) is 0 Å². The van der Waals surface area contributed by atoms with Crippen LogP contribution in [0.4, 0.5) is 0 Å². The molecule has 1 unspecified atom stereocenters. The van der Waals surface area contributed by atoms with E-state index in [1.165, 1.54) is 0 Å². The topological polar surface area (TPSA) is 0 Å². The molecule has 0 saturated heterocycles. The largest absolute Gasteiger partial charge is 0.106 e. The van der Waals surface area contributed by atoms with Crippen LogP contribution in [-0.4, -0.2) is 14.2 Å². The lowest BCUT2D eigenvalue weighted by Crippen LogP contribution is -2.23. The zero-order valence-corrected chi connectivity index (χ0v) is 12.5. The smallest absolute Gasteiger partial charge is 0.104 e. The predicted molar refractivity (Wildman–Crippen MR) is 68.9 cm³/mol. The molecule has 1 aromatic rings. The van der Waals surface area contributed by atoms with Gasteiger partial charge in [0.25, 0.3) is 0 Å². The molecule has 0 heterocycles. The zero-order chi connectivity index (χ0) is 10.8. The normalized spacial score (nSPS) is 14.3. The minimum atomic E-state index is -0.595. The van der Waals surface area contributed by atoms with Gasteiger partial charge in [-0.3, -0.25) is 0 Å². The quantitative estimate of drug-likeness (QED) is 0.582. The van der Waals surface area contributed by atoms with Gasteiger partial charge in [-0.15, -0.1) is 23.2 Å². The molecule has 78 valence electrons. The third-order valence-electron chi connectivity index (χ3n) is 2.29. The number of halogens is 3. The number of benzene rings is 1. The van der Waals surface area contributed by atoms with Crippen molar-refractivity contribution in [3.63, 3.8) is 0 Å². The SMILES string of the molecule is CCC(c1ccc(Cl)cc1)C([SiH3])(Cl)Cl. The maximum absolute atomic E-state index is 6.17. The van der Waals surface area contributed by atoms with E-state index in [2.05, 4.69) is 6.92 Å². The van der Waals surface area contributed by atoms with Crippen LogP contribution >= 0.6 is 34.8 Å². The highest BCUT2D eigenvalue weighted by Crippen LogP contribution is 2.37. The summed E-state index contributed by atoms with van der Waals surface area (Å²) in [4.78, 5) is 0. The highest BCUT2D eigenvalue weighted by molar-refractivity contribution is 6.65. The maximum atomic E-state index is 6.17. The first-order valence-electron chi connectivity index (χ1n) is 4.58. The van der Waals surface area contributed by atoms with Gasteiger partial charge in [-0.1, -0.05) is 30.7 Å². The Hall–Kier alpha value is 0.307. The first kappa shape index (κ1) is 12.4. The molecule has 0 nitrogen and oxygen atoms in total. The van der Waals surface area contributed by atoms with Crippen LogP contribution in [0.3, 0.4) is 0 Å². The number of hydrogen-bond donors (Lipinski definition) is 0. The molecular weight excluding hydrogens is 255 g/mol. The van der Waals surface area contributed by atoms with Crippen molar-refractivity contribution >= 4 is 45.0 Å². The summed E-state index contributed by atoms with van der Waals surface area (Å²) in [5, 5.41) is 0.742. The summed E-state index contributed by atoms with van der Waals surface area (Å²) < 4.78 is -0.595. The van der Waals surface area contributed by atoms with E-state index in [1.54, 1.807) is 0 Å². The summed E-state index contributed by atoms with van der Waals surface area (Å²) in [6.45, 7) is 2.09. The Morgan fingerprint density at radius 3 is 2.14 bits per heavy atom. The van der Waals surface area contributed by atoms with Crippen LogP contribution in [0.2, 0.25) is 5.02 Å². The minimum absolute atomic E-state index is 0.203. The molecule has 0 N–H and O–H groups in total. The lowest BCUT2D eigenvalue weighted by molar-refractivity contribution is 0.679. The molecule has 1 aromatic carbocycles. The second-order valence-corrected chi connectivity index (χ2v) is 8.51. The van der Waals surface area contributed by atoms with Gasteiger partial charge in [0.2, 0.25) is 0 Å². The lowest BCUT2D eigenvalue weighted by atomic mass is 9.98. The van der Waals surface area contributed by atoms with Crippen LogP contribution in [0, 0.1) is 0 Å². The molecule has 0 spiro atoms. The number of rotatable bonds is 3. The monoisotopic (exact) mass is 266 g/mol. The molecule has 0 aliphatic rings. The Balaban J connectivity index is 2.96. The fourth-order valence-corrected chi connectivity index (χ4v) is 3.01. The summed E-state index contributed by atoms with van der Waals surface area (Å²) in [6, 6.07) is 7.74. The van der Waals surface area contributed by atoms with Gasteiger partial charge in [0.05, 0.1) is 0 Å². The fraction of sp³-hybridized carbons (Fsp3) is 0.400. The van der Waals surface area contributed by atoms with Crippen molar-refractivity contribution in [2.75, 3.05) is 0 Å². The molecule has 0 radical (unpaired) electrons. The third-order valence-corrected chi connectivity index (χ3v) is 3.77. The van der Waals surface area contributed by atoms with Crippen molar-refractivity contribution in [3.8, 4) is 0 Å². The Labute approximate surface area is 103 Å². The molecule has 14 heavy (non-hydrogen) atoms. The van der Waals surface area contributed by atoms with E-state index in [0.29, 0.717) is 0 Å². The molecule has 0 fully saturated rings. The lowest BCUT2D eigenvalue weighted by Gasteiger charge is -2.25. The molecule has 0 bridgehead atoms. The molecule has 0 aliphatic heterocycles. The Morgan fingerprint density at radius 2 is 1.79 bits per heavy atom. The van der Waals surface area contributed by atoms with E-state index >= 15 is 0 Å². The molecule has 0 aromatic heterocycles. The van der Waals surface area contributed by atoms with Crippen LogP contribution in [-0.2, 0) is 0 Å². The number of alkyl halides is 2. The zero-order valence-electron chi connectivity index (χ0n) is 8.23. The van der Waals surface area contributed by atoms with Crippen LogP contribution in [0.25, 0.3) is 0 Å². The van der Waals surface area contributed by atoms with Crippen molar-refractivity contribution < 1.29 is 0 Å². The molecule has 1 atom stereocenters. The van der Waals surface area contributed by atoms with Crippen LogP contribution < -0.4 is 0 Å². The predicted octanol–water partition coefficient (Wildman–Crippen LogP) is 3.33. The molecule has 1 rings (SSSR count). The van der Waals surface area contributed by atoms with E-state index < -0.39 is 3.96 Å². The van der Waals surface area contributed by atoms with Crippen molar-refractivity contribution in [3.05, 3.63) is 34.9 Å². The van der Waals surface area contributed by atoms with Gasteiger partial charge >= 0.3 is 0 Å². The molecule has 0 aliphatic carbocycles. The van der Waals surface area contributed by atoms with Crippen molar-refractivity contribution in [2.24, 2.45) is 0 Å². The van der Waals surface area contributed by atoms with E-state index in [4.69, 9.17) is 34.8 Å². The van der Waals surface area contributed by atoms with E-state index in [1.807, 2.05) is 24.3 Å². The number of hydrogen-bond acceptors (Lipinski definition) is 0. The second kappa shape index (κ2) is 4.89. The summed E-state index contributed by atoms with van der Waals surface area (Å²) in [6.07, 6.45) is 0.943. The first-order chi connectivity index (χ1) is 6.45. The van der Waals surface area contributed by atoms with E-state index in [0.717, 1.165) is 27.2 Å². The standard InChI is InChI=1S/C10H13Cl3Si/c1-2-9(10(12,13)14)7-3-5-8(11)6-4-7/h3-6,9H,2H2,1,14H3. The van der Waals surface area contributed by atoms with Gasteiger partial charge < -0.3 is 0 Å². The highest BCUT2D eigenvalue weighted by atomic mass is 35.5. The molecular formula is C10H13Cl3Si. The maximum Gasteiger partial charge on any atom is 0.104 e. The summed E-state index contributed by atoms with van der Waals surface area (Å²) in [5.74, 6) is 0.203. The van der Waals surface area contributed by atoms with E-state index in [9.17, 15) is 0 Å². The van der Waals surface area contributed by atoms with E-state index in [-0.39, 0.29) is 5.92 Å². The Kier molecular flexibility index (Phi) is 4.32. The minimum Gasteiger partial charge on any atom is -0.106 e. The van der Waals surface area contributed by atoms with Crippen molar-refractivity contribution in [1.29, 1.82) is 0 Å². The summed E-state index contributed by atoms with van der Waals surface area (Å²) in [7, 11) is 0.752. The second-order valence-electron chi connectivity index (χ2n) is 3.47. The van der Waals surface area contributed by atoms with Gasteiger partial charge in [0, 0.05) is 21.2 Å². The average Bonchev–Trinajstić information content (AvgIpc) is 2.07. The van der Waals surface area contributed by atoms with Crippen molar-refractivity contribution in [1.82, 2.24) is 0 Å². The Morgan fingerprint density at radius 1 is 1.29 bits per heavy atom. The van der Waals surface area contributed by atoms with Gasteiger partial charge in [0.15, 0.2) is 0 Å².